The molecule has 3 aliphatic heterocycles. The molecule has 3 heterocycles. The van der Waals surface area contributed by atoms with Crippen molar-refractivity contribution in [2.75, 3.05) is 31.8 Å². The van der Waals surface area contributed by atoms with Gasteiger partial charge >= 0.3 is 5.97 Å². The van der Waals surface area contributed by atoms with Gasteiger partial charge in [0.15, 0.2) is 11.6 Å². The average molecular weight is 575 g/mol. The summed E-state index contributed by atoms with van der Waals surface area (Å²) >= 11 is 0. The number of halogens is 1. The van der Waals surface area contributed by atoms with Gasteiger partial charge < -0.3 is 24.6 Å². The lowest BCUT2D eigenvalue weighted by atomic mass is 9.82. The highest BCUT2D eigenvalue weighted by atomic mass is 19.1. The van der Waals surface area contributed by atoms with Crippen LogP contribution in [0.4, 0.5) is 10.1 Å². The lowest BCUT2D eigenvalue weighted by molar-refractivity contribution is -0.143. The average Bonchev–Trinajstić information content (AvgIpc) is 3.71. The number of anilines is 1. The minimum absolute atomic E-state index is 0.0221. The van der Waals surface area contributed by atoms with Gasteiger partial charge in [-0.2, -0.15) is 0 Å². The molecule has 220 valence electrons. The van der Waals surface area contributed by atoms with Crippen molar-refractivity contribution < 1.29 is 33.3 Å². The van der Waals surface area contributed by atoms with Crippen LogP contribution in [-0.2, 0) is 28.9 Å². The Balaban J connectivity index is 1.37. The summed E-state index contributed by atoms with van der Waals surface area (Å²) in [5, 5.41) is 13.7. The van der Waals surface area contributed by atoms with Gasteiger partial charge in [0.2, 0.25) is 18.4 Å². The number of likely N-dealkylation sites (tertiary alicyclic amines) is 1. The number of carbonyl (C=O) groups excluding carboxylic acids is 1. The number of carboxylic acid groups (broad SMARTS) is 1. The highest BCUT2D eigenvalue weighted by molar-refractivity contribution is 5.94. The summed E-state index contributed by atoms with van der Waals surface area (Å²) in [5.41, 5.74) is 6.40. The van der Waals surface area contributed by atoms with E-state index in [2.05, 4.69) is 31.3 Å². The number of carboxylic acids is 1. The predicted octanol–water partition coefficient (Wildman–Crippen LogP) is 5.40. The zero-order chi connectivity index (χ0) is 29.5. The van der Waals surface area contributed by atoms with Crippen LogP contribution < -0.4 is 19.5 Å². The Hall–Kier alpha value is -4.11. The highest BCUT2D eigenvalue weighted by Crippen LogP contribution is 2.49. The van der Waals surface area contributed by atoms with Gasteiger partial charge in [0.1, 0.15) is 5.75 Å². The number of fused-ring (bicyclic) bond motifs is 2. The van der Waals surface area contributed by atoms with Crippen molar-refractivity contribution in [3.8, 4) is 17.2 Å². The lowest BCUT2D eigenvalue weighted by Gasteiger charge is -2.27. The maximum Gasteiger partial charge on any atom is 0.309 e. The molecule has 1 saturated heterocycles. The third kappa shape index (κ3) is 5.06. The van der Waals surface area contributed by atoms with Crippen LogP contribution in [0, 0.1) is 18.7 Å². The van der Waals surface area contributed by atoms with Crippen LogP contribution in [0.2, 0.25) is 0 Å². The lowest BCUT2D eigenvalue weighted by Crippen LogP contribution is -2.35. The van der Waals surface area contributed by atoms with Crippen molar-refractivity contribution in [3.05, 3.63) is 81.7 Å². The summed E-state index contributed by atoms with van der Waals surface area (Å²) in [6.45, 7) is 6.88. The Bertz CT molecular complexity index is 1530. The van der Waals surface area contributed by atoms with Crippen molar-refractivity contribution in [3.63, 3.8) is 0 Å². The van der Waals surface area contributed by atoms with E-state index < -0.39 is 29.7 Å². The second-order valence-corrected chi connectivity index (χ2v) is 11.3. The summed E-state index contributed by atoms with van der Waals surface area (Å²) in [4.78, 5) is 28.5. The first-order valence-electron chi connectivity index (χ1n) is 14.5. The maximum absolute atomic E-state index is 15.0. The van der Waals surface area contributed by atoms with Gasteiger partial charge in [-0.1, -0.05) is 43.7 Å². The summed E-state index contributed by atoms with van der Waals surface area (Å²) in [6.07, 6.45) is 2.28. The molecule has 1 fully saturated rings. The Morgan fingerprint density at radius 3 is 2.48 bits per heavy atom. The number of nitrogens with zero attached hydrogens (tertiary/aromatic N) is 1. The van der Waals surface area contributed by atoms with Crippen molar-refractivity contribution in [1.82, 2.24) is 4.90 Å². The molecule has 3 atom stereocenters. The molecular formula is C33H35FN2O6. The molecular weight excluding hydrogens is 539 g/mol. The van der Waals surface area contributed by atoms with Gasteiger partial charge in [0, 0.05) is 30.6 Å². The number of carbonyl (C=O) groups is 2. The van der Waals surface area contributed by atoms with Crippen LogP contribution in [0.1, 0.15) is 59.2 Å². The largest absolute Gasteiger partial charge is 0.493 e. The predicted molar refractivity (Wildman–Crippen MR) is 155 cm³/mol. The molecule has 1 unspecified atom stereocenters. The number of benzene rings is 3. The molecule has 6 rings (SSSR count). The summed E-state index contributed by atoms with van der Waals surface area (Å²) < 4.78 is 31.4. The fourth-order valence-electron chi connectivity index (χ4n) is 6.74. The Morgan fingerprint density at radius 2 is 1.76 bits per heavy atom. The van der Waals surface area contributed by atoms with E-state index in [4.69, 9.17) is 14.2 Å². The zero-order valence-corrected chi connectivity index (χ0v) is 24.0. The van der Waals surface area contributed by atoms with Gasteiger partial charge in [-0.15, -0.1) is 0 Å². The quantitative estimate of drug-likeness (QED) is 0.372. The fourth-order valence-corrected chi connectivity index (χ4v) is 6.74. The number of amides is 1. The van der Waals surface area contributed by atoms with E-state index in [1.54, 1.807) is 6.07 Å². The topological polar surface area (TPSA) is 97.3 Å². The van der Waals surface area contributed by atoms with Gasteiger partial charge in [-0.3, -0.25) is 14.5 Å². The van der Waals surface area contributed by atoms with Crippen molar-refractivity contribution in [2.24, 2.45) is 5.92 Å². The van der Waals surface area contributed by atoms with Crippen LogP contribution in [0.5, 0.6) is 17.2 Å². The summed E-state index contributed by atoms with van der Waals surface area (Å²) in [6, 6.07) is 12.3. The Labute approximate surface area is 244 Å². The number of aliphatic carboxylic acids is 1. The minimum Gasteiger partial charge on any atom is -0.493 e. The first-order valence-corrected chi connectivity index (χ1v) is 14.5. The van der Waals surface area contributed by atoms with Crippen LogP contribution in [0.25, 0.3) is 0 Å². The summed E-state index contributed by atoms with van der Waals surface area (Å²) in [5.74, 6) is -2.27. The fraction of sp³-hybridized carbons (Fsp3) is 0.394. The van der Waals surface area contributed by atoms with Gasteiger partial charge in [-0.25, -0.2) is 4.39 Å². The van der Waals surface area contributed by atoms with E-state index >= 15 is 0 Å². The first-order chi connectivity index (χ1) is 20.3. The van der Waals surface area contributed by atoms with Crippen LogP contribution in [0.3, 0.4) is 0 Å². The number of nitrogens with one attached hydrogen (secondary N) is 1. The van der Waals surface area contributed by atoms with Gasteiger partial charge in [0.25, 0.3) is 0 Å². The molecule has 2 N–H and O–H groups in total. The molecule has 1 amide bonds. The van der Waals surface area contributed by atoms with Crippen LogP contribution >= 0.6 is 0 Å². The molecule has 9 heteroatoms. The molecule has 3 aromatic rings. The molecule has 42 heavy (non-hydrogen) atoms. The van der Waals surface area contributed by atoms with Crippen molar-refractivity contribution >= 4 is 17.6 Å². The number of hydrogen-bond donors (Lipinski definition) is 2. The number of hydrogen-bond acceptors (Lipinski definition) is 6. The monoisotopic (exact) mass is 574 g/mol. The van der Waals surface area contributed by atoms with E-state index in [9.17, 15) is 19.1 Å². The second-order valence-electron chi connectivity index (χ2n) is 11.3. The first kappa shape index (κ1) is 28.0. The molecule has 3 aromatic carbocycles. The Kier molecular flexibility index (Phi) is 7.53. The second kappa shape index (κ2) is 11.3. The van der Waals surface area contributed by atoms with Gasteiger partial charge in [-0.05, 0) is 65.8 Å². The normalized spacial score (nSPS) is 20.8. The molecule has 3 aliphatic rings. The summed E-state index contributed by atoms with van der Waals surface area (Å²) in [7, 11) is 0. The van der Waals surface area contributed by atoms with E-state index in [0.29, 0.717) is 12.2 Å². The third-order valence-corrected chi connectivity index (χ3v) is 8.64. The van der Waals surface area contributed by atoms with Crippen LogP contribution in [0.15, 0.2) is 42.5 Å². The third-order valence-electron chi connectivity index (χ3n) is 8.64. The molecule has 0 aromatic heterocycles. The zero-order valence-electron chi connectivity index (χ0n) is 24.0. The molecule has 0 aliphatic carbocycles. The highest BCUT2D eigenvalue weighted by Gasteiger charge is 2.48. The minimum atomic E-state index is -1.01. The smallest absolute Gasteiger partial charge is 0.309 e. The molecule has 0 spiro atoms. The van der Waals surface area contributed by atoms with E-state index in [-0.39, 0.29) is 37.3 Å². The number of aryl methyl sites for hydroxylation is 3. The number of ether oxygens (including phenoxy) is 3. The van der Waals surface area contributed by atoms with Crippen LogP contribution in [-0.4, -0.2) is 48.4 Å². The molecule has 8 nitrogen and oxygen atoms in total. The van der Waals surface area contributed by atoms with Crippen molar-refractivity contribution in [2.45, 2.75) is 52.0 Å². The van der Waals surface area contributed by atoms with Gasteiger partial charge in [0.05, 0.1) is 19.1 Å². The van der Waals surface area contributed by atoms with Crippen molar-refractivity contribution in [1.29, 1.82) is 0 Å². The van der Waals surface area contributed by atoms with E-state index in [0.717, 1.165) is 58.5 Å². The standard InChI is InChI=1S/C33H35FN2O6/c1-4-19-10-18(3)11-20(5-2)30(19)35-28(37)16-36-15-24(23-13-25(34)32-27(14-23)41-17-42-32)29(33(38)39)31(36)22-6-7-26-21(12-22)8-9-40-26/h6-7,10-14,24,29,31H,4-5,8-9,15-17H2,1-3H3,(H,35,37)(H,38,39)/t24-,29?,31+/m1/s1. The van der Waals surface area contributed by atoms with E-state index in [1.807, 2.05) is 30.0 Å². The maximum atomic E-state index is 15.0. The number of rotatable bonds is 8. The molecule has 0 saturated carbocycles. The Morgan fingerprint density at radius 1 is 1.00 bits per heavy atom. The SMILES string of the molecule is CCc1cc(C)cc(CC)c1NC(=O)CN1C[C@H](c2cc(F)c3c(c2)OCO3)C(C(=O)O)[C@@H]1c1ccc2c(c1)CCO2. The van der Waals surface area contributed by atoms with E-state index in [1.165, 1.54) is 6.07 Å². The molecule has 0 radical (unpaired) electrons. The molecule has 0 bridgehead atoms.